The number of fused-ring (bicyclic) bond motifs is 1. The van der Waals surface area contributed by atoms with Crippen LogP contribution in [0, 0.1) is 0 Å². The van der Waals surface area contributed by atoms with Gasteiger partial charge in [0.2, 0.25) is 0 Å². The van der Waals surface area contributed by atoms with Crippen molar-refractivity contribution in [2.45, 2.75) is 17.5 Å². The summed E-state index contributed by atoms with van der Waals surface area (Å²) in [4.78, 5) is 6.22. The molecule has 0 spiro atoms. The van der Waals surface area contributed by atoms with Crippen molar-refractivity contribution in [2.75, 3.05) is 19.5 Å². The number of nitrogens with two attached hydrogens (primary N) is 1. The second kappa shape index (κ2) is 8.60. The third-order valence-corrected chi connectivity index (χ3v) is 6.92. The zero-order chi connectivity index (χ0) is 19.5. The Morgan fingerprint density at radius 2 is 2.04 bits per heavy atom. The molecule has 0 aliphatic heterocycles. The number of hydrogen-bond acceptors (Lipinski definition) is 7. The minimum Gasteiger partial charge on any atom is -0.397 e. The fourth-order valence-corrected chi connectivity index (χ4v) is 5.04. The molecular weight excluding hydrogens is 458 g/mol. The zero-order valence-corrected chi connectivity index (χ0v) is 18.4. The smallest absolute Gasteiger partial charge is 0.191 e. The van der Waals surface area contributed by atoms with Gasteiger partial charge in [0, 0.05) is 28.9 Å². The van der Waals surface area contributed by atoms with Gasteiger partial charge in [-0.1, -0.05) is 39.8 Å². The van der Waals surface area contributed by atoms with Gasteiger partial charge in [0.05, 0.1) is 23.7 Å². The number of pyridine rings is 1. The first-order valence-electron chi connectivity index (χ1n) is 8.60. The van der Waals surface area contributed by atoms with Crippen LogP contribution in [-0.2, 0) is 17.0 Å². The maximum Gasteiger partial charge on any atom is 0.191 e. The number of nitrogens with zero attached hydrogens (tertiary/aromatic N) is 4. The second-order valence-corrected chi connectivity index (χ2v) is 8.92. The summed E-state index contributed by atoms with van der Waals surface area (Å²) in [6.07, 6.45) is 1.77. The Kier molecular flexibility index (Phi) is 5.96. The molecule has 0 aliphatic rings. The van der Waals surface area contributed by atoms with Crippen LogP contribution in [0.5, 0.6) is 0 Å². The van der Waals surface area contributed by atoms with E-state index in [1.165, 1.54) is 16.9 Å². The Morgan fingerprint density at radius 1 is 1.21 bits per heavy atom. The van der Waals surface area contributed by atoms with Crippen molar-refractivity contribution < 1.29 is 4.74 Å². The summed E-state index contributed by atoms with van der Waals surface area (Å²) < 4.78 is 8.44. The van der Waals surface area contributed by atoms with E-state index >= 15 is 0 Å². The third kappa shape index (κ3) is 3.93. The summed E-state index contributed by atoms with van der Waals surface area (Å²) in [5.74, 6) is 1.57. The topological polar surface area (TPSA) is 78.8 Å². The van der Waals surface area contributed by atoms with Crippen LogP contribution in [0.3, 0.4) is 0 Å². The summed E-state index contributed by atoms with van der Waals surface area (Å²) in [5, 5.41) is 10.7. The summed E-state index contributed by atoms with van der Waals surface area (Å²) in [5.41, 5.74) is 8.33. The molecule has 0 unspecified atom stereocenters. The van der Waals surface area contributed by atoms with Gasteiger partial charge in [0.1, 0.15) is 4.83 Å². The Labute approximate surface area is 179 Å². The van der Waals surface area contributed by atoms with E-state index < -0.39 is 0 Å². The summed E-state index contributed by atoms with van der Waals surface area (Å²) in [6, 6.07) is 12.2. The van der Waals surface area contributed by atoms with E-state index in [1.54, 1.807) is 25.1 Å². The number of nitrogen functional groups attached to an aromatic ring is 1. The Bertz CT molecular complexity index is 1090. The van der Waals surface area contributed by atoms with Crippen LogP contribution in [0.1, 0.15) is 5.56 Å². The van der Waals surface area contributed by atoms with Crippen molar-refractivity contribution in [3.63, 3.8) is 0 Å². The molecule has 9 heteroatoms. The number of ether oxygens (including phenoxy) is 1. The standard InChI is InChI=1S/C19H18BrN5OS2/c1-26-10-9-25-17(16-15(21)14-3-2-8-22-18(14)28-16)23-24-19(25)27-11-12-4-6-13(20)7-5-12/h2-8H,9-11,21H2,1H3. The van der Waals surface area contributed by atoms with Gasteiger partial charge in [-0.2, -0.15) is 0 Å². The first-order valence-corrected chi connectivity index (χ1v) is 11.2. The number of hydrogen-bond donors (Lipinski definition) is 1. The number of thiophene rings is 1. The van der Waals surface area contributed by atoms with Crippen LogP contribution >= 0.6 is 39.0 Å². The van der Waals surface area contributed by atoms with Gasteiger partial charge in [-0.05, 0) is 29.8 Å². The molecule has 0 aliphatic carbocycles. The minimum atomic E-state index is 0.569. The van der Waals surface area contributed by atoms with Crippen molar-refractivity contribution in [3.8, 4) is 10.7 Å². The summed E-state index contributed by atoms with van der Waals surface area (Å²) >= 11 is 6.66. The highest BCUT2D eigenvalue weighted by Gasteiger charge is 2.20. The molecule has 1 aromatic carbocycles. The van der Waals surface area contributed by atoms with E-state index in [0.717, 1.165) is 36.3 Å². The average molecular weight is 476 g/mol. The molecule has 28 heavy (non-hydrogen) atoms. The van der Waals surface area contributed by atoms with Gasteiger partial charge in [-0.25, -0.2) is 4.98 Å². The first kappa shape index (κ1) is 19.4. The molecule has 4 aromatic rings. The van der Waals surface area contributed by atoms with Gasteiger partial charge < -0.3 is 10.5 Å². The highest BCUT2D eigenvalue weighted by atomic mass is 79.9. The van der Waals surface area contributed by atoms with Crippen molar-refractivity contribution in [3.05, 3.63) is 52.6 Å². The molecule has 144 valence electrons. The number of halogens is 1. The van der Waals surface area contributed by atoms with E-state index in [1.807, 2.05) is 24.3 Å². The molecule has 0 saturated heterocycles. The lowest BCUT2D eigenvalue weighted by Crippen LogP contribution is -2.07. The SMILES string of the molecule is COCCn1c(SCc2ccc(Br)cc2)nnc1-c1sc2ncccc2c1N. The number of thioether (sulfide) groups is 1. The Balaban J connectivity index is 1.67. The number of benzene rings is 1. The van der Waals surface area contributed by atoms with Crippen LogP contribution in [0.2, 0.25) is 0 Å². The highest BCUT2D eigenvalue weighted by molar-refractivity contribution is 9.10. The summed E-state index contributed by atoms with van der Waals surface area (Å²) in [7, 11) is 1.69. The molecule has 2 N–H and O–H groups in total. The lowest BCUT2D eigenvalue weighted by atomic mass is 10.2. The monoisotopic (exact) mass is 475 g/mol. The largest absolute Gasteiger partial charge is 0.397 e. The van der Waals surface area contributed by atoms with Crippen molar-refractivity contribution in [2.24, 2.45) is 0 Å². The fourth-order valence-electron chi connectivity index (χ4n) is 2.79. The third-order valence-electron chi connectivity index (χ3n) is 4.22. The highest BCUT2D eigenvalue weighted by Crippen LogP contribution is 2.40. The van der Waals surface area contributed by atoms with Gasteiger partial charge in [0.25, 0.3) is 0 Å². The molecule has 3 aromatic heterocycles. The van der Waals surface area contributed by atoms with Crippen LogP contribution in [0.15, 0.2) is 52.2 Å². The van der Waals surface area contributed by atoms with Crippen LogP contribution in [0.25, 0.3) is 20.9 Å². The zero-order valence-electron chi connectivity index (χ0n) is 15.1. The molecule has 0 saturated carbocycles. The van der Waals surface area contributed by atoms with Crippen LogP contribution in [0.4, 0.5) is 5.69 Å². The number of aromatic nitrogens is 4. The second-order valence-electron chi connectivity index (χ2n) is 6.07. The van der Waals surface area contributed by atoms with Gasteiger partial charge >= 0.3 is 0 Å². The van der Waals surface area contributed by atoms with E-state index in [9.17, 15) is 0 Å². The van der Waals surface area contributed by atoms with Crippen molar-refractivity contribution in [1.82, 2.24) is 19.7 Å². The molecule has 4 rings (SSSR count). The van der Waals surface area contributed by atoms with E-state index in [0.29, 0.717) is 18.8 Å². The molecule has 3 heterocycles. The maximum atomic E-state index is 6.40. The number of methoxy groups -OCH3 is 1. The maximum absolute atomic E-state index is 6.40. The normalized spacial score (nSPS) is 11.4. The Hall–Kier alpha value is -1.94. The van der Waals surface area contributed by atoms with E-state index in [-0.39, 0.29) is 0 Å². The number of rotatable bonds is 7. The average Bonchev–Trinajstić information content (AvgIpc) is 3.26. The number of anilines is 1. The van der Waals surface area contributed by atoms with E-state index in [2.05, 4.69) is 47.8 Å². The van der Waals surface area contributed by atoms with Gasteiger partial charge in [0.15, 0.2) is 11.0 Å². The lowest BCUT2D eigenvalue weighted by molar-refractivity contribution is 0.185. The molecule has 0 bridgehead atoms. The molecular formula is C19H18BrN5OS2. The predicted molar refractivity (Wildman–Crippen MR) is 119 cm³/mol. The van der Waals surface area contributed by atoms with Crippen molar-refractivity contribution >= 4 is 54.9 Å². The van der Waals surface area contributed by atoms with Crippen molar-refractivity contribution in [1.29, 1.82) is 0 Å². The fraction of sp³-hybridized carbons (Fsp3) is 0.211. The molecule has 0 fully saturated rings. The Morgan fingerprint density at radius 3 is 2.79 bits per heavy atom. The van der Waals surface area contributed by atoms with Crippen LogP contribution in [-0.4, -0.2) is 33.5 Å². The molecule has 0 atom stereocenters. The van der Waals surface area contributed by atoms with Gasteiger partial charge in [-0.15, -0.1) is 21.5 Å². The molecule has 0 amide bonds. The first-order chi connectivity index (χ1) is 13.7. The van der Waals surface area contributed by atoms with Gasteiger partial charge in [-0.3, -0.25) is 4.57 Å². The molecule has 0 radical (unpaired) electrons. The molecule has 6 nitrogen and oxygen atoms in total. The minimum absolute atomic E-state index is 0.569. The van der Waals surface area contributed by atoms with E-state index in [4.69, 9.17) is 10.5 Å². The predicted octanol–water partition coefficient (Wildman–Crippen LogP) is 4.84. The lowest BCUT2D eigenvalue weighted by Gasteiger charge is -2.09. The summed E-state index contributed by atoms with van der Waals surface area (Å²) in [6.45, 7) is 1.22. The van der Waals surface area contributed by atoms with Crippen LogP contribution < -0.4 is 5.73 Å². The quantitative estimate of drug-likeness (QED) is 0.385.